The molecule has 5 rings (SSSR count). The molecule has 1 atom stereocenters. The van der Waals surface area contributed by atoms with Crippen molar-refractivity contribution in [3.63, 3.8) is 0 Å². The van der Waals surface area contributed by atoms with Gasteiger partial charge in [-0.2, -0.15) is 0 Å². The fraction of sp³-hybridized carbons (Fsp3) is 0.160. The second kappa shape index (κ2) is 6.88. The number of hydrogen-bond acceptors (Lipinski definition) is 2. The van der Waals surface area contributed by atoms with Crippen molar-refractivity contribution in [1.29, 1.82) is 0 Å². The molecule has 0 radical (unpaired) electrons. The van der Waals surface area contributed by atoms with Crippen LogP contribution in [-0.2, 0) is 0 Å². The van der Waals surface area contributed by atoms with Crippen molar-refractivity contribution in [3.8, 4) is 11.1 Å². The van der Waals surface area contributed by atoms with E-state index in [2.05, 4.69) is 83.1 Å². The SMILES string of the molecule is c1cncc(C(Nc2ccc(-c3ccc4ccccc4c3)cc2)C2CC2)c1. The molecule has 27 heavy (non-hydrogen) atoms. The summed E-state index contributed by atoms with van der Waals surface area (Å²) < 4.78 is 0. The van der Waals surface area contributed by atoms with Crippen molar-refractivity contribution in [3.05, 3.63) is 96.8 Å². The number of aromatic nitrogens is 1. The Bertz CT molecular complexity index is 1050. The minimum atomic E-state index is 0.352. The molecule has 2 nitrogen and oxygen atoms in total. The highest BCUT2D eigenvalue weighted by molar-refractivity contribution is 5.87. The average Bonchev–Trinajstić information content (AvgIpc) is 3.58. The van der Waals surface area contributed by atoms with Crippen molar-refractivity contribution in [2.75, 3.05) is 5.32 Å². The molecule has 0 saturated heterocycles. The van der Waals surface area contributed by atoms with E-state index < -0.39 is 0 Å². The number of benzene rings is 3. The van der Waals surface area contributed by atoms with Crippen LogP contribution >= 0.6 is 0 Å². The minimum absolute atomic E-state index is 0.352. The molecule has 1 aliphatic rings. The number of hydrogen-bond donors (Lipinski definition) is 1. The molecule has 1 aliphatic carbocycles. The fourth-order valence-electron chi connectivity index (χ4n) is 3.77. The summed E-state index contributed by atoms with van der Waals surface area (Å²) in [6.07, 6.45) is 6.41. The summed E-state index contributed by atoms with van der Waals surface area (Å²) >= 11 is 0. The topological polar surface area (TPSA) is 24.9 Å². The molecule has 1 heterocycles. The number of pyridine rings is 1. The van der Waals surface area contributed by atoms with E-state index in [0.717, 1.165) is 5.92 Å². The van der Waals surface area contributed by atoms with E-state index in [4.69, 9.17) is 0 Å². The first-order valence-corrected chi connectivity index (χ1v) is 9.62. The van der Waals surface area contributed by atoms with Crippen LogP contribution in [-0.4, -0.2) is 4.98 Å². The van der Waals surface area contributed by atoms with E-state index in [1.807, 2.05) is 18.5 Å². The Balaban J connectivity index is 1.39. The van der Waals surface area contributed by atoms with Gasteiger partial charge in [0, 0.05) is 18.1 Å². The molecule has 1 saturated carbocycles. The first kappa shape index (κ1) is 16.1. The zero-order valence-electron chi connectivity index (χ0n) is 15.2. The first-order chi connectivity index (χ1) is 13.4. The Morgan fingerprint density at radius 2 is 1.56 bits per heavy atom. The van der Waals surface area contributed by atoms with Gasteiger partial charge in [-0.1, -0.05) is 54.6 Å². The predicted octanol–water partition coefficient (Wildman–Crippen LogP) is 6.47. The molecule has 0 bridgehead atoms. The van der Waals surface area contributed by atoms with E-state index >= 15 is 0 Å². The zero-order chi connectivity index (χ0) is 18.1. The van der Waals surface area contributed by atoms with E-state index in [9.17, 15) is 0 Å². The first-order valence-electron chi connectivity index (χ1n) is 9.62. The minimum Gasteiger partial charge on any atom is -0.378 e. The lowest BCUT2D eigenvalue weighted by Gasteiger charge is -2.20. The molecule has 0 aliphatic heterocycles. The summed E-state index contributed by atoms with van der Waals surface area (Å²) in [5, 5.41) is 6.29. The quantitative estimate of drug-likeness (QED) is 0.446. The van der Waals surface area contributed by atoms with Gasteiger partial charge in [-0.25, -0.2) is 0 Å². The molecule has 1 unspecified atom stereocenters. The van der Waals surface area contributed by atoms with Crippen LogP contribution in [0, 0.1) is 5.92 Å². The third kappa shape index (κ3) is 3.43. The third-order valence-corrected chi connectivity index (χ3v) is 5.43. The van der Waals surface area contributed by atoms with E-state index in [1.54, 1.807) is 0 Å². The normalized spacial score (nSPS) is 14.8. The van der Waals surface area contributed by atoms with Crippen LogP contribution in [0.3, 0.4) is 0 Å². The number of nitrogens with zero attached hydrogens (tertiary/aromatic N) is 1. The Hall–Kier alpha value is -3.13. The van der Waals surface area contributed by atoms with Crippen LogP contribution in [0.5, 0.6) is 0 Å². The van der Waals surface area contributed by atoms with Crippen LogP contribution in [0.4, 0.5) is 5.69 Å². The molecule has 0 spiro atoms. The lowest BCUT2D eigenvalue weighted by molar-refractivity contribution is 0.676. The third-order valence-electron chi connectivity index (χ3n) is 5.43. The van der Waals surface area contributed by atoms with Crippen molar-refractivity contribution in [2.45, 2.75) is 18.9 Å². The van der Waals surface area contributed by atoms with Crippen molar-refractivity contribution >= 4 is 16.5 Å². The van der Waals surface area contributed by atoms with Gasteiger partial charge in [-0.15, -0.1) is 0 Å². The number of nitrogens with one attached hydrogen (secondary N) is 1. The molecule has 132 valence electrons. The molecular formula is C25H22N2. The van der Waals surface area contributed by atoms with Crippen LogP contribution in [0.15, 0.2) is 91.3 Å². The maximum absolute atomic E-state index is 4.30. The van der Waals surface area contributed by atoms with Crippen LogP contribution in [0.1, 0.15) is 24.4 Å². The van der Waals surface area contributed by atoms with Gasteiger partial charge in [0.25, 0.3) is 0 Å². The fourth-order valence-corrected chi connectivity index (χ4v) is 3.77. The molecular weight excluding hydrogens is 328 g/mol. The van der Waals surface area contributed by atoms with Crippen LogP contribution in [0.25, 0.3) is 21.9 Å². The van der Waals surface area contributed by atoms with Gasteiger partial charge in [0.2, 0.25) is 0 Å². The molecule has 1 fully saturated rings. The Labute approximate surface area is 159 Å². The van der Waals surface area contributed by atoms with Gasteiger partial charge < -0.3 is 5.32 Å². The van der Waals surface area contributed by atoms with E-state index in [0.29, 0.717) is 6.04 Å². The molecule has 2 heteroatoms. The van der Waals surface area contributed by atoms with E-state index in [1.165, 1.54) is 46.0 Å². The van der Waals surface area contributed by atoms with Crippen molar-refractivity contribution in [1.82, 2.24) is 4.98 Å². The van der Waals surface area contributed by atoms with Gasteiger partial charge >= 0.3 is 0 Å². The Kier molecular flexibility index (Phi) is 4.10. The molecule has 3 aromatic carbocycles. The van der Waals surface area contributed by atoms with E-state index in [-0.39, 0.29) is 0 Å². The highest BCUT2D eigenvalue weighted by Gasteiger charge is 2.32. The highest BCUT2D eigenvalue weighted by Crippen LogP contribution is 2.42. The molecule has 1 aromatic heterocycles. The lowest BCUT2D eigenvalue weighted by atomic mass is 10.0. The number of fused-ring (bicyclic) bond motifs is 1. The summed E-state index contributed by atoms with van der Waals surface area (Å²) in [6, 6.07) is 28.5. The van der Waals surface area contributed by atoms with Gasteiger partial charge in [0.15, 0.2) is 0 Å². The van der Waals surface area contributed by atoms with Gasteiger partial charge in [0.05, 0.1) is 6.04 Å². The summed E-state index contributed by atoms with van der Waals surface area (Å²) in [7, 11) is 0. The maximum atomic E-state index is 4.30. The number of rotatable bonds is 5. The second-order valence-corrected chi connectivity index (χ2v) is 7.39. The Morgan fingerprint density at radius 1 is 0.778 bits per heavy atom. The van der Waals surface area contributed by atoms with Crippen molar-refractivity contribution < 1.29 is 0 Å². The average molecular weight is 350 g/mol. The summed E-state index contributed by atoms with van der Waals surface area (Å²) in [4.78, 5) is 4.30. The van der Waals surface area contributed by atoms with Gasteiger partial charge in [-0.3, -0.25) is 4.98 Å². The standard InChI is InChI=1S/C25H22N2/c1-2-5-21-16-22(10-7-18(21)4-1)19-11-13-24(14-12-19)27-25(20-8-9-20)23-6-3-15-26-17-23/h1-7,10-17,20,25,27H,8-9H2. The summed E-state index contributed by atoms with van der Waals surface area (Å²) in [5.74, 6) is 0.717. The molecule has 1 N–H and O–H groups in total. The molecule has 4 aromatic rings. The number of anilines is 1. The predicted molar refractivity (Wildman–Crippen MR) is 113 cm³/mol. The highest BCUT2D eigenvalue weighted by atomic mass is 14.9. The van der Waals surface area contributed by atoms with Crippen LogP contribution in [0.2, 0.25) is 0 Å². The largest absolute Gasteiger partial charge is 0.378 e. The maximum Gasteiger partial charge on any atom is 0.0557 e. The smallest absolute Gasteiger partial charge is 0.0557 e. The van der Waals surface area contributed by atoms with Gasteiger partial charge in [0.1, 0.15) is 0 Å². The van der Waals surface area contributed by atoms with Crippen molar-refractivity contribution in [2.24, 2.45) is 5.92 Å². The second-order valence-electron chi connectivity index (χ2n) is 7.39. The lowest BCUT2D eigenvalue weighted by Crippen LogP contribution is -2.13. The summed E-state index contributed by atoms with van der Waals surface area (Å²) in [5.41, 5.74) is 4.95. The van der Waals surface area contributed by atoms with Crippen LogP contribution < -0.4 is 5.32 Å². The van der Waals surface area contributed by atoms with Gasteiger partial charge in [-0.05, 0) is 70.5 Å². The monoisotopic (exact) mass is 350 g/mol. The zero-order valence-corrected chi connectivity index (χ0v) is 15.2. The summed E-state index contributed by atoms with van der Waals surface area (Å²) in [6.45, 7) is 0. The Morgan fingerprint density at radius 3 is 2.30 bits per heavy atom. The molecule has 0 amide bonds.